The Morgan fingerprint density at radius 1 is 0.943 bits per heavy atom. The number of carbonyl (C=O) groups is 2. The average Bonchev–Trinajstić information content (AvgIpc) is 2.85. The van der Waals surface area contributed by atoms with Gasteiger partial charge in [-0.25, -0.2) is 0 Å². The van der Waals surface area contributed by atoms with Gasteiger partial charge in [0.15, 0.2) is 11.5 Å². The van der Waals surface area contributed by atoms with Gasteiger partial charge in [-0.15, -0.1) is 0 Å². The van der Waals surface area contributed by atoms with Crippen LogP contribution in [0.3, 0.4) is 0 Å². The first-order chi connectivity index (χ1) is 16.9. The number of nitrogens with zero attached hydrogens (tertiary/aromatic N) is 1. The van der Waals surface area contributed by atoms with Crippen molar-refractivity contribution < 1.29 is 19.1 Å². The van der Waals surface area contributed by atoms with E-state index < -0.39 is 6.04 Å². The number of rotatable bonds is 15. The number of nitrogens with one attached hydrogen (secondary N) is 1. The fourth-order valence-corrected chi connectivity index (χ4v) is 3.98. The molecule has 0 spiro atoms. The van der Waals surface area contributed by atoms with Crippen molar-refractivity contribution in [1.29, 1.82) is 0 Å². The predicted octanol–water partition coefficient (Wildman–Crippen LogP) is 5.79. The minimum absolute atomic E-state index is 0.0655. The molecule has 192 valence electrons. The molecule has 0 bridgehead atoms. The summed E-state index contributed by atoms with van der Waals surface area (Å²) in [5.74, 6) is 1.20. The Kier molecular flexibility index (Phi) is 12.5. The van der Waals surface area contributed by atoms with E-state index in [1.165, 1.54) is 0 Å². The fraction of sp³-hybridized carbons (Fsp3) is 0.500. The van der Waals surface area contributed by atoms with Crippen LogP contribution in [0.25, 0.3) is 0 Å². The maximum atomic E-state index is 13.5. The average molecular weight is 503 g/mol. The second-order valence-electron chi connectivity index (χ2n) is 8.36. The van der Waals surface area contributed by atoms with Crippen LogP contribution in [0.2, 0.25) is 5.02 Å². The smallest absolute Gasteiger partial charge is 0.242 e. The van der Waals surface area contributed by atoms with Gasteiger partial charge in [-0.3, -0.25) is 9.59 Å². The molecule has 2 amide bonds. The highest BCUT2D eigenvalue weighted by Crippen LogP contribution is 2.29. The largest absolute Gasteiger partial charge is 0.490 e. The molecule has 1 N–H and O–H groups in total. The summed E-state index contributed by atoms with van der Waals surface area (Å²) in [5, 5.41) is 3.63. The van der Waals surface area contributed by atoms with Gasteiger partial charge in [0.25, 0.3) is 0 Å². The Balaban J connectivity index is 2.19. The highest BCUT2D eigenvalue weighted by atomic mass is 35.5. The summed E-state index contributed by atoms with van der Waals surface area (Å²) >= 11 is 6.04. The molecule has 0 radical (unpaired) electrons. The molecule has 2 aromatic carbocycles. The van der Waals surface area contributed by atoms with Crippen LogP contribution in [0, 0.1) is 0 Å². The summed E-state index contributed by atoms with van der Waals surface area (Å²) in [5.41, 5.74) is 1.92. The summed E-state index contributed by atoms with van der Waals surface area (Å²) in [6.45, 7) is 9.92. The third-order valence-electron chi connectivity index (χ3n) is 5.72. The van der Waals surface area contributed by atoms with E-state index in [-0.39, 0.29) is 18.2 Å². The molecule has 0 heterocycles. The molecule has 0 aliphatic rings. The van der Waals surface area contributed by atoms with Crippen molar-refractivity contribution in [2.75, 3.05) is 19.8 Å². The van der Waals surface area contributed by atoms with Crippen molar-refractivity contribution in [1.82, 2.24) is 10.2 Å². The molecule has 6 nitrogen and oxygen atoms in total. The topological polar surface area (TPSA) is 67.9 Å². The first kappa shape index (κ1) is 28.5. The second-order valence-corrected chi connectivity index (χ2v) is 8.80. The summed E-state index contributed by atoms with van der Waals surface area (Å²) in [4.78, 5) is 28.1. The summed E-state index contributed by atoms with van der Waals surface area (Å²) in [6, 6.07) is 12.6. The normalized spacial score (nSPS) is 11.6. The van der Waals surface area contributed by atoms with E-state index in [1.807, 2.05) is 51.1 Å². The van der Waals surface area contributed by atoms with Gasteiger partial charge in [0.1, 0.15) is 6.04 Å². The zero-order valence-electron chi connectivity index (χ0n) is 21.4. The summed E-state index contributed by atoms with van der Waals surface area (Å²) in [6.07, 6.45) is 3.26. The van der Waals surface area contributed by atoms with Gasteiger partial charge in [-0.2, -0.15) is 0 Å². The standard InChI is InChI=1S/C28H39ClN2O4/c1-5-9-18-30-28(33)24(6-2)31(20-22-10-14-23(29)15-11-22)27(32)17-13-21-12-16-25(34-7-3)26(19-21)35-8-4/h10-12,14-16,19,24H,5-9,13,17-18,20H2,1-4H3,(H,30,33)/t24-/m1/s1. The van der Waals surface area contributed by atoms with Crippen LogP contribution in [-0.4, -0.2) is 42.5 Å². The Hall–Kier alpha value is -2.73. The Bertz CT molecular complexity index is 933. The number of hydrogen-bond acceptors (Lipinski definition) is 4. The number of hydrogen-bond donors (Lipinski definition) is 1. The highest BCUT2D eigenvalue weighted by Gasteiger charge is 2.28. The quantitative estimate of drug-likeness (QED) is 0.313. The van der Waals surface area contributed by atoms with Crippen LogP contribution in [-0.2, 0) is 22.6 Å². The maximum Gasteiger partial charge on any atom is 0.242 e. The summed E-state index contributed by atoms with van der Waals surface area (Å²) in [7, 11) is 0. The van der Waals surface area contributed by atoms with Crippen molar-refractivity contribution in [3.63, 3.8) is 0 Å². The SMILES string of the molecule is CCCCNC(=O)[C@@H](CC)N(Cc1ccc(Cl)cc1)C(=O)CCc1ccc(OCC)c(OCC)c1. The van der Waals surface area contributed by atoms with Gasteiger partial charge >= 0.3 is 0 Å². The van der Waals surface area contributed by atoms with Crippen LogP contribution in [0.1, 0.15) is 64.5 Å². The van der Waals surface area contributed by atoms with E-state index in [0.717, 1.165) is 24.0 Å². The Labute approximate surface area is 214 Å². The number of carbonyl (C=O) groups excluding carboxylic acids is 2. The lowest BCUT2D eigenvalue weighted by molar-refractivity contribution is -0.141. The highest BCUT2D eigenvalue weighted by molar-refractivity contribution is 6.30. The minimum atomic E-state index is -0.533. The van der Waals surface area contributed by atoms with Crippen LogP contribution in [0.5, 0.6) is 11.5 Å². The number of halogens is 1. The molecule has 7 heteroatoms. The van der Waals surface area contributed by atoms with Crippen molar-refractivity contribution in [2.24, 2.45) is 0 Å². The van der Waals surface area contributed by atoms with E-state index in [4.69, 9.17) is 21.1 Å². The van der Waals surface area contributed by atoms with Crippen molar-refractivity contribution in [3.8, 4) is 11.5 Å². The van der Waals surface area contributed by atoms with Crippen LogP contribution >= 0.6 is 11.6 Å². The van der Waals surface area contributed by atoms with Crippen molar-refractivity contribution in [2.45, 2.75) is 72.4 Å². The van der Waals surface area contributed by atoms with Gasteiger partial charge < -0.3 is 19.7 Å². The maximum absolute atomic E-state index is 13.5. The van der Waals surface area contributed by atoms with Crippen LogP contribution in [0.4, 0.5) is 0 Å². The third-order valence-corrected chi connectivity index (χ3v) is 5.97. The van der Waals surface area contributed by atoms with Crippen molar-refractivity contribution in [3.05, 3.63) is 58.6 Å². The fourth-order valence-electron chi connectivity index (χ4n) is 3.86. The van der Waals surface area contributed by atoms with E-state index in [9.17, 15) is 9.59 Å². The van der Waals surface area contributed by atoms with Gasteiger partial charge in [0.2, 0.25) is 11.8 Å². The molecule has 0 fully saturated rings. The molecule has 0 saturated heterocycles. The van der Waals surface area contributed by atoms with Crippen molar-refractivity contribution >= 4 is 23.4 Å². The molecule has 0 aromatic heterocycles. The number of amides is 2. The van der Waals surface area contributed by atoms with Crippen LogP contribution in [0.15, 0.2) is 42.5 Å². The molecule has 2 aromatic rings. The van der Waals surface area contributed by atoms with Gasteiger partial charge in [-0.1, -0.05) is 50.1 Å². The monoisotopic (exact) mass is 502 g/mol. The number of aryl methyl sites for hydroxylation is 1. The second kappa shape index (κ2) is 15.3. The lowest BCUT2D eigenvalue weighted by atomic mass is 10.1. The Morgan fingerprint density at radius 2 is 1.60 bits per heavy atom. The van der Waals surface area contributed by atoms with Gasteiger partial charge in [-0.05, 0) is 68.5 Å². The van der Waals surface area contributed by atoms with Gasteiger partial charge in [0.05, 0.1) is 13.2 Å². The first-order valence-corrected chi connectivity index (χ1v) is 13.0. The molecule has 0 aliphatic carbocycles. The molecule has 0 unspecified atom stereocenters. The van der Waals surface area contributed by atoms with E-state index in [0.29, 0.717) is 55.7 Å². The molecular formula is C28H39ClN2O4. The number of benzene rings is 2. The zero-order valence-corrected chi connectivity index (χ0v) is 22.2. The molecule has 1 atom stereocenters. The molecule has 0 aliphatic heterocycles. The molecule has 35 heavy (non-hydrogen) atoms. The lowest BCUT2D eigenvalue weighted by Gasteiger charge is -2.31. The van der Waals surface area contributed by atoms with Gasteiger partial charge in [0, 0.05) is 24.5 Å². The predicted molar refractivity (Wildman–Crippen MR) is 141 cm³/mol. The zero-order chi connectivity index (χ0) is 25.6. The minimum Gasteiger partial charge on any atom is -0.490 e. The van der Waals surface area contributed by atoms with E-state index >= 15 is 0 Å². The molecule has 0 saturated carbocycles. The number of ether oxygens (including phenoxy) is 2. The van der Waals surface area contributed by atoms with E-state index in [1.54, 1.807) is 17.0 Å². The Morgan fingerprint density at radius 3 is 2.23 bits per heavy atom. The third kappa shape index (κ3) is 9.10. The number of unbranched alkanes of at least 4 members (excludes halogenated alkanes) is 1. The molecule has 2 rings (SSSR count). The van der Waals surface area contributed by atoms with E-state index in [2.05, 4.69) is 12.2 Å². The van der Waals surface area contributed by atoms with Crippen LogP contribution < -0.4 is 14.8 Å². The molecular weight excluding hydrogens is 464 g/mol. The first-order valence-electron chi connectivity index (χ1n) is 12.6. The summed E-state index contributed by atoms with van der Waals surface area (Å²) < 4.78 is 11.4. The lowest BCUT2D eigenvalue weighted by Crippen LogP contribution is -2.49.